The number of fused-ring (bicyclic) bond motifs is 1. The molecule has 0 radical (unpaired) electrons. The lowest BCUT2D eigenvalue weighted by Crippen LogP contribution is -2.17. The van der Waals surface area contributed by atoms with Crippen molar-refractivity contribution in [3.63, 3.8) is 0 Å². The fraction of sp³-hybridized carbons (Fsp3) is 0.417. The van der Waals surface area contributed by atoms with Gasteiger partial charge in [-0.15, -0.1) is 0 Å². The lowest BCUT2D eigenvalue weighted by atomic mass is 10.0. The van der Waals surface area contributed by atoms with Gasteiger partial charge in [-0.3, -0.25) is 4.79 Å². The standard InChI is InChI=1S/C12H15NO/c1-8-4-3-5-10-7-11(14)6-9(2)13-12(8)10/h3-5,9,13H,6-7H2,1-2H3/t9-/m1/s1. The molecule has 2 rings (SSSR count). The van der Waals surface area contributed by atoms with Crippen LogP contribution in [0.3, 0.4) is 0 Å². The van der Waals surface area contributed by atoms with Gasteiger partial charge in [-0.05, 0) is 25.0 Å². The quantitative estimate of drug-likeness (QED) is 0.678. The number of rotatable bonds is 0. The molecule has 1 atom stereocenters. The fourth-order valence-electron chi connectivity index (χ4n) is 2.01. The number of aryl methyl sites for hydroxylation is 1. The maximum Gasteiger partial charge on any atom is 0.139 e. The molecule has 0 spiro atoms. The van der Waals surface area contributed by atoms with E-state index in [4.69, 9.17) is 0 Å². The first kappa shape index (κ1) is 9.25. The molecule has 2 heteroatoms. The normalized spacial score (nSPS) is 21.0. The summed E-state index contributed by atoms with van der Waals surface area (Å²) in [6.45, 7) is 4.13. The molecule has 0 aliphatic carbocycles. The van der Waals surface area contributed by atoms with Gasteiger partial charge < -0.3 is 5.32 Å². The molecule has 0 saturated heterocycles. The van der Waals surface area contributed by atoms with Crippen molar-refractivity contribution in [1.82, 2.24) is 0 Å². The van der Waals surface area contributed by atoms with Crippen molar-refractivity contribution in [2.45, 2.75) is 32.7 Å². The fourth-order valence-corrected chi connectivity index (χ4v) is 2.01. The Morgan fingerprint density at radius 2 is 2.21 bits per heavy atom. The lowest BCUT2D eigenvalue weighted by Gasteiger charge is -2.14. The van der Waals surface area contributed by atoms with Crippen molar-refractivity contribution in [2.75, 3.05) is 5.32 Å². The Morgan fingerprint density at radius 3 is 3.00 bits per heavy atom. The largest absolute Gasteiger partial charge is 0.382 e. The lowest BCUT2D eigenvalue weighted by molar-refractivity contribution is -0.118. The first-order valence-electron chi connectivity index (χ1n) is 5.03. The van der Waals surface area contributed by atoms with Gasteiger partial charge in [-0.2, -0.15) is 0 Å². The van der Waals surface area contributed by atoms with Crippen LogP contribution in [-0.4, -0.2) is 11.8 Å². The van der Waals surface area contributed by atoms with Gasteiger partial charge in [0.15, 0.2) is 0 Å². The van der Waals surface area contributed by atoms with E-state index < -0.39 is 0 Å². The number of anilines is 1. The van der Waals surface area contributed by atoms with E-state index in [1.54, 1.807) is 0 Å². The van der Waals surface area contributed by atoms with Crippen molar-refractivity contribution < 1.29 is 4.79 Å². The molecule has 0 unspecified atom stereocenters. The highest BCUT2D eigenvalue weighted by Crippen LogP contribution is 2.25. The Bertz CT molecular complexity index is 371. The molecule has 1 aliphatic rings. The van der Waals surface area contributed by atoms with Crippen LogP contribution < -0.4 is 5.32 Å². The third-order valence-corrected chi connectivity index (χ3v) is 2.67. The zero-order valence-corrected chi connectivity index (χ0v) is 8.63. The highest BCUT2D eigenvalue weighted by Gasteiger charge is 2.18. The molecular weight excluding hydrogens is 174 g/mol. The first-order valence-corrected chi connectivity index (χ1v) is 5.03. The van der Waals surface area contributed by atoms with E-state index in [9.17, 15) is 4.79 Å². The number of para-hydroxylation sites is 1. The summed E-state index contributed by atoms with van der Waals surface area (Å²) in [5.74, 6) is 0.328. The first-order chi connectivity index (χ1) is 6.66. The van der Waals surface area contributed by atoms with Crippen molar-refractivity contribution >= 4 is 11.5 Å². The molecule has 0 saturated carbocycles. The molecule has 14 heavy (non-hydrogen) atoms. The summed E-state index contributed by atoms with van der Waals surface area (Å²) in [7, 11) is 0. The summed E-state index contributed by atoms with van der Waals surface area (Å²) in [5.41, 5.74) is 3.52. The van der Waals surface area contributed by atoms with E-state index in [1.807, 2.05) is 12.1 Å². The number of hydrogen-bond acceptors (Lipinski definition) is 2. The Hall–Kier alpha value is -1.31. The van der Waals surface area contributed by atoms with E-state index in [-0.39, 0.29) is 6.04 Å². The summed E-state index contributed by atoms with van der Waals surface area (Å²) >= 11 is 0. The molecule has 0 fully saturated rings. The average molecular weight is 189 g/mol. The number of ketones is 1. The third-order valence-electron chi connectivity index (χ3n) is 2.67. The van der Waals surface area contributed by atoms with Crippen LogP contribution in [0, 0.1) is 6.92 Å². The molecule has 1 aromatic rings. The van der Waals surface area contributed by atoms with Gasteiger partial charge in [-0.1, -0.05) is 18.2 Å². The van der Waals surface area contributed by atoms with E-state index in [1.165, 1.54) is 5.56 Å². The maximum absolute atomic E-state index is 11.5. The molecule has 0 aromatic heterocycles. The average Bonchev–Trinajstić information content (AvgIpc) is 2.23. The zero-order chi connectivity index (χ0) is 10.1. The Labute approximate surface area is 84.3 Å². The Balaban J connectivity index is 2.46. The molecule has 1 aromatic carbocycles. The van der Waals surface area contributed by atoms with Crippen molar-refractivity contribution in [3.8, 4) is 0 Å². The second kappa shape index (κ2) is 3.45. The van der Waals surface area contributed by atoms with Crippen LogP contribution in [0.1, 0.15) is 24.5 Å². The van der Waals surface area contributed by atoms with Gasteiger partial charge in [-0.25, -0.2) is 0 Å². The number of hydrogen-bond donors (Lipinski definition) is 1. The van der Waals surface area contributed by atoms with Crippen LogP contribution >= 0.6 is 0 Å². The number of carbonyl (C=O) groups excluding carboxylic acids is 1. The van der Waals surface area contributed by atoms with Gasteiger partial charge in [0.1, 0.15) is 5.78 Å². The minimum Gasteiger partial charge on any atom is -0.382 e. The number of Topliss-reactive ketones (excluding diaryl/α,β-unsaturated/α-hetero) is 1. The smallest absolute Gasteiger partial charge is 0.139 e. The van der Waals surface area contributed by atoms with E-state index in [0.717, 1.165) is 11.3 Å². The van der Waals surface area contributed by atoms with E-state index >= 15 is 0 Å². The molecule has 2 nitrogen and oxygen atoms in total. The second-order valence-electron chi connectivity index (χ2n) is 4.07. The number of nitrogens with one attached hydrogen (secondary N) is 1. The number of benzene rings is 1. The predicted molar refractivity (Wildman–Crippen MR) is 57.6 cm³/mol. The Kier molecular flexibility index (Phi) is 2.28. The highest BCUT2D eigenvalue weighted by atomic mass is 16.1. The minimum absolute atomic E-state index is 0.254. The molecule has 1 N–H and O–H groups in total. The van der Waals surface area contributed by atoms with E-state index in [2.05, 4.69) is 25.2 Å². The van der Waals surface area contributed by atoms with Crippen LogP contribution in [0.2, 0.25) is 0 Å². The van der Waals surface area contributed by atoms with Gasteiger partial charge in [0, 0.05) is 24.6 Å². The monoisotopic (exact) mass is 189 g/mol. The Morgan fingerprint density at radius 1 is 1.43 bits per heavy atom. The van der Waals surface area contributed by atoms with Gasteiger partial charge in [0.2, 0.25) is 0 Å². The summed E-state index contributed by atoms with van der Waals surface area (Å²) in [5, 5.41) is 3.40. The van der Waals surface area contributed by atoms with E-state index in [0.29, 0.717) is 18.6 Å². The van der Waals surface area contributed by atoms with Crippen LogP contribution in [0.15, 0.2) is 18.2 Å². The molecular formula is C12H15NO. The van der Waals surface area contributed by atoms with Gasteiger partial charge in [0.25, 0.3) is 0 Å². The minimum atomic E-state index is 0.254. The SMILES string of the molecule is Cc1cccc2c1N[C@H](C)CC(=O)C2. The van der Waals surface area contributed by atoms with Crippen molar-refractivity contribution in [2.24, 2.45) is 0 Å². The highest BCUT2D eigenvalue weighted by molar-refractivity contribution is 5.85. The summed E-state index contributed by atoms with van der Waals surface area (Å²) < 4.78 is 0. The predicted octanol–water partition coefficient (Wildman–Crippen LogP) is 2.31. The maximum atomic E-state index is 11.5. The van der Waals surface area contributed by atoms with Crippen LogP contribution in [0.25, 0.3) is 0 Å². The second-order valence-corrected chi connectivity index (χ2v) is 4.07. The molecule has 0 bridgehead atoms. The van der Waals surface area contributed by atoms with Gasteiger partial charge >= 0.3 is 0 Å². The topological polar surface area (TPSA) is 29.1 Å². The summed E-state index contributed by atoms with van der Waals surface area (Å²) in [4.78, 5) is 11.5. The zero-order valence-electron chi connectivity index (χ0n) is 8.63. The van der Waals surface area contributed by atoms with Gasteiger partial charge in [0.05, 0.1) is 0 Å². The molecule has 1 heterocycles. The number of carbonyl (C=O) groups is 1. The van der Waals surface area contributed by atoms with Crippen molar-refractivity contribution in [1.29, 1.82) is 0 Å². The van der Waals surface area contributed by atoms with Crippen LogP contribution in [0.5, 0.6) is 0 Å². The summed E-state index contributed by atoms with van der Waals surface area (Å²) in [6, 6.07) is 6.38. The molecule has 0 amide bonds. The third kappa shape index (κ3) is 1.65. The van der Waals surface area contributed by atoms with Crippen molar-refractivity contribution in [3.05, 3.63) is 29.3 Å². The summed E-state index contributed by atoms with van der Waals surface area (Å²) in [6.07, 6.45) is 1.21. The molecule has 74 valence electrons. The van der Waals surface area contributed by atoms with Crippen LogP contribution in [0.4, 0.5) is 5.69 Å². The van der Waals surface area contributed by atoms with Crippen LogP contribution in [-0.2, 0) is 11.2 Å². The molecule has 1 aliphatic heterocycles.